The fourth-order valence-corrected chi connectivity index (χ4v) is 1.57. The van der Waals surface area contributed by atoms with Crippen molar-refractivity contribution < 1.29 is 14.7 Å². The summed E-state index contributed by atoms with van der Waals surface area (Å²) in [5.41, 5.74) is 1.95. The van der Waals surface area contributed by atoms with Crippen molar-refractivity contribution in [3.8, 4) is 0 Å². The number of hydrogen-bond acceptors (Lipinski definition) is 3. The highest BCUT2D eigenvalue weighted by atomic mass is 16.4. The van der Waals surface area contributed by atoms with E-state index >= 15 is 0 Å². The molecule has 0 heterocycles. The van der Waals surface area contributed by atoms with Crippen molar-refractivity contribution in [3.05, 3.63) is 29.8 Å². The molecule has 0 radical (unpaired) electrons. The summed E-state index contributed by atoms with van der Waals surface area (Å²) in [7, 11) is 0. The van der Waals surface area contributed by atoms with E-state index in [-0.39, 0.29) is 18.7 Å². The SMILES string of the molecule is CC(C)c1ccc(NC(=O)CCCC(=O)[O-])cc1. The molecule has 1 N–H and O–H groups in total. The van der Waals surface area contributed by atoms with Gasteiger partial charge in [-0.3, -0.25) is 4.79 Å². The molecule has 1 rings (SSSR count). The standard InChI is InChI=1S/C14H19NO3/c1-10(2)11-6-8-12(9-7-11)15-13(16)4-3-5-14(17)18/h6-10H,3-5H2,1-2H3,(H,15,16)(H,17,18)/p-1. The van der Waals surface area contributed by atoms with Crippen molar-refractivity contribution in [2.24, 2.45) is 0 Å². The lowest BCUT2D eigenvalue weighted by Gasteiger charge is -2.08. The van der Waals surface area contributed by atoms with E-state index in [4.69, 9.17) is 0 Å². The number of carbonyl (C=O) groups excluding carboxylic acids is 2. The van der Waals surface area contributed by atoms with Gasteiger partial charge in [-0.2, -0.15) is 0 Å². The number of carboxylic acids is 1. The largest absolute Gasteiger partial charge is 0.550 e. The van der Waals surface area contributed by atoms with Crippen LogP contribution in [0, 0.1) is 0 Å². The molecule has 0 aliphatic rings. The van der Waals surface area contributed by atoms with Gasteiger partial charge in [-0.15, -0.1) is 0 Å². The van der Waals surface area contributed by atoms with Gasteiger partial charge in [-0.25, -0.2) is 0 Å². The molecule has 0 atom stereocenters. The van der Waals surface area contributed by atoms with Gasteiger partial charge in [-0.05, 0) is 36.5 Å². The molecule has 1 aromatic carbocycles. The van der Waals surface area contributed by atoms with Crippen molar-refractivity contribution in [2.45, 2.75) is 39.0 Å². The first-order chi connectivity index (χ1) is 8.49. The Kier molecular flexibility index (Phi) is 5.36. The van der Waals surface area contributed by atoms with Crippen LogP contribution in [0.1, 0.15) is 44.6 Å². The number of carbonyl (C=O) groups is 2. The zero-order valence-corrected chi connectivity index (χ0v) is 10.7. The zero-order chi connectivity index (χ0) is 13.5. The maximum Gasteiger partial charge on any atom is 0.224 e. The molecule has 0 spiro atoms. The molecule has 0 aliphatic carbocycles. The summed E-state index contributed by atoms with van der Waals surface area (Å²) in [6.07, 6.45) is 0.415. The number of benzene rings is 1. The molecule has 4 nitrogen and oxygen atoms in total. The Hall–Kier alpha value is -1.84. The van der Waals surface area contributed by atoms with Crippen molar-refractivity contribution in [1.82, 2.24) is 0 Å². The second kappa shape index (κ2) is 6.79. The molecule has 0 aliphatic heterocycles. The molecular formula is C14H18NO3-. The van der Waals surface area contributed by atoms with Crippen LogP contribution < -0.4 is 10.4 Å². The average molecular weight is 248 g/mol. The minimum Gasteiger partial charge on any atom is -0.550 e. The maximum absolute atomic E-state index is 11.5. The maximum atomic E-state index is 11.5. The number of anilines is 1. The van der Waals surface area contributed by atoms with Crippen molar-refractivity contribution >= 4 is 17.6 Å². The van der Waals surface area contributed by atoms with E-state index in [2.05, 4.69) is 19.2 Å². The van der Waals surface area contributed by atoms with E-state index in [0.29, 0.717) is 12.3 Å². The number of rotatable bonds is 6. The average Bonchev–Trinajstić information content (AvgIpc) is 2.29. The Bertz CT molecular complexity index is 410. The zero-order valence-electron chi connectivity index (χ0n) is 10.7. The van der Waals surface area contributed by atoms with Gasteiger partial charge in [0.15, 0.2) is 0 Å². The molecule has 0 fully saturated rings. The van der Waals surface area contributed by atoms with Gasteiger partial charge in [0, 0.05) is 18.1 Å². The molecular weight excluding hydrogens is 230 g/mol. The first kappa shape index (κ1) is 14.2. The molecule has 0 bridgehead atoms. The minimum atomic E-state index is -1.12. The predicted octanol–water partition coefficient (Wildman–Crippen LogP) is 1.67. The van der Waals surface area contributed by atoms with Gasteiger partial charge < -0.3 is 15.2 Å². The van der Waals surface area contributed by atoms with E-state index in [1.165, 1.54) is 5.56 Å². The number of amides is 1. The minimum absolute atomic E-state index is 0.0836. The molecule has 0 saturated carbocycles. The van der Waals surface area contributed by atoms with Crippen LogP contribution in [0.15, 0.2) is 24.3 Å². The van der Waals surface area contributed by atoms with E-state index in [1.807, 2.05) is 24.3 Å². The first-order valence-electron chi connectivity index (χ1n) is 6.08. The highest BCUT2D eigenvalue weighted by Gasteiger charge is 2.03. The van der Waals surface area contributed by atoms with E-state index < -0.39 is 5.97 Å². The Morgan fingerprint density at radius 2 is 1.78 bits per heavy atom. The smallest absolute Gasteiger partial charge is 0.224 e. The van der Waals surface area contributed by atoms with Crippen LogP contribution in [-0.4, -0.2) is 11.9 Å². The fraction of sp³-hybridized carbons (Fsp3) is 0.429. The second-order valence-electron chi connectivity index (χ2n) is 4.55. The normalized spacial score (nSPS) is 10.4. The third-order valence-electron chi connectivity index (χ3n) is 2.65. The number of nitrogens with one attached hydrogen (secondary N) is 1. The number of carboxylic acid groups (broad SMARTS) is 1. The van der Waals surface area contributed by atoms with Gasteiger partial charge in [0.2, 0.25) is 5.91 Å². The van der Waals surface area contributed by atoms with Gasteiger partial charge in [0.25, 0.3) is 0 Å². The number of aliphatic carboxylic acids is 1. The van der Waals surface area contributed by atoms with E-state index in [1.54, 1.807) is 0 Å². The van der Waals surface area contributed by atoms with Gasteiger partial charge in [0.05, 0.1) is 0 Å². The Labute approximate surface area is 107 Å². The summed E-state index contributed by atoms with van der Waals surface area (Å²) in [5.74, 6) is -0.838. The Morgan fingerprint density at radius 1 is 1.17 bits per heavy atom. The summed E-state index contributed by atoms with van der Waals surface area (Å²) >= 11 is 0. The summed E-state index contributed by atoms with van der Waals surface area (Å²) in [4.78, 5) is 21.7. The molecule has 98 valence electrons. The quantitative estimate of drug-likeness (QED) is 0.832. The van der Waals surface area contributed by atoms with Crippen LogP contribution >= 0.6 is 0 Å². The Balaban J connectivity index is 2.42. The van der Waals surface area contributed by atoms with Gasteiger partial charge in [0.1, 0.15) is 0 Å². The van der Waals surface area contributed by atoms with Crippen LogP contribution in [0.4, 0.5) is 5.69 Å². The topological polar surface area (TPSA) is 69.2 Å². The van der Waals surface area contributed by atoms with Crippen LogP contribution in [0.25, 0.3) is 0 Å². The van der Waals surface area contributed by atoms with Crippen LogP contribution in [-0.2, 0) is 9.59 Å². The predicted molar refractivity (Wildman–Crippen MR) is 68.0 cm³/mol. The molecule has 1 aromatic rings. The lowest BCUT2D eigenvalue weighted by atomic mass is 10.0. The molecule has 0 saturated heterocycles. The highest BCUT2D eigenvalue weighted by Crippen LogP contribution is 2.17. The lowest BCUT2D eigenvalue weighted by Crippen LogP contribution is -2.22. The summed E-state index contributed by atoms with van der Waals surface area (Å²) in [6.45, 7) is 4.21. The highest BCUT2D eigenvalue weighted by molar-refractivity contribution is 5.90. The summed E-state index contributed by atoms with van der Waals surface area (Å²) in [5, 5.41) is 12.9. The summed E-state index contributed by atoms with van der Waals surface area (Å²) in [6, 6.07) is 7.65. The molecule has 0 aromatic heterocycles. The second-order valence-corrected chi connectivity index (χ2v) is 4.55. The third kappa shape index (κ3) is 4.99. The van der Waals surface area contributed by atoms with Crippen molar-refractivity contribution in [1.29, 1.82) is 0 Å². The van der Waals surface area contributed by atoms with Gasteiger partial charge >= 0.3 is 0 Å². The van der Waals surface area contributed by atoms with Crippen LogP contribution in [0.2, 0.25) is 0 Å². The fourth-order valence-electron chi connectivity index (χ4n) is 1.57. The Morgan fingerprint density at radius 3 is 2.28 bits per heavy atom. The summed E-state index contributed by atoms with van der Waals surface area (Å²) < 4.78 is 0. The lowest BCUT2D eigenvalue weighted by molar-refractivity contribution is -0.305. The first-order valence-corrected chi connectivity index (χ1v) is 6.08. The van der Waals surface area contributed by atoms with E-state index in [0.717, 1.165) is 5.69 Å². The van der Waals surface area contributed by atoms with Crippen LogP contribution in [0.5, 0.6) is 0 Å². The van der Waals surface area contributed by atoms with E-state index in [9.17, 15) is 14.7 Å². The monoisotopic (exact) mass is 248 g/mol. The molecule has 0 unspecified atom stereocenters. The number of hydrogen-bond donors (Lipinski definition) is 1. The van der Waals surface area contributed by atoms with Crippen molar-refractivity contribution in [2.75, 3.05) is 5.32 Å². The third-order valence-corrected chi connectivity index (χ3v) is 2.65. The molecule has 18 heavy (non-hydrogen) atoms. The van der Waals surface area contributed by atoms with Crippen molar-refractivity contribution in [3.63, 3.8) is 0 Å². The molecule has 1 amide bonds. The van der Waals surface area contributed by atoms with Crippen LogP contribution in [0.3, 0.4) is 0 Å². The van der Waals surface area contributed by atoms with Gasteiger partial charge in [-0.1, -0.05) is 26.0 Å². The molecule has 4 heteroatoms.